The quantitative estimate of drug-likeness (QED) is 0.192. The summed E-state index contributed by atoms with van der Waals surface area (Å²) in [7, 11) is 0. The van der Waals surface area contributed by atoms with Crippen molar-refractivity contribution in [2.45, 2.75) is 104 Å². The first kappa shape index (κ1) is 31.4. The third kappa shape index (κ3) is 7.55. The molecular weight excluding hydrogens is 512 g/mol. The fourth-order valence-corrected chi connectivity index (χ4v) is 5.07. The number of hydrogen-bond donors (Lipinski definition) is 3. The lowest BCUT2D eigenvalue weighted by molar-refractivity contribution is -0.00152. The van der Waals surface area contributed by atoms with E-state index in [1.807, 2.05) is 19.9 Å². The second-order valence-corrected chi connectivity index (χ2v) is 11.0. The van der Waals surface area contributed by atoms with Crippen LogP contribution in [0.25, 0.3) is 0 Å². The van der Waals surface area contributed by atoms with Gasteiger partial charge in [-0.05, 0) is 70.7 Å². The highest BCUT2D eigenvalue weighted by Crippen LogP contribution is 2.42. The minimum Gasteiger partial charge on any atom is -0.507 e. The second-order valence-electron chi connectivity index (χ2n) is 11.0. The Labute approximate surface area is 237 Å². The van der Waals surface area contributed by atoms with Crippen LogP contribution in [-0.4, -0.2) is 57.9 Å². The van der Waals surface area contributed by atoms with Gasteiger partial charge in [-0.2, -0.15) is 0 Å². The van der Waals surface area contributed by atoms with Crippen molar-refractivity contribution in [3.8, 4) is 23.0 Å². The minimum absolute atomic E-state index is 0.00508. The molecule has 0 amide bonds. The van der Waals surface area contributed by atoms with Crippen molar-refractivity contribution in [2.24, 2.45) is 0 Å². The highest BCUT2D eigenvalue weighted by molar-refractivity contribution is 6.01. The van der Waals surface area contributed by atoms with Crippen molar-refractivity contribution in [1.29, 1.82) is 0 Å². The normalized spacial score (nSPS) is 18.0. The van der Waals surface area contributed by atoms with E-state index in [0.717, 1.165) is 18.4 Å². The first-order valence-electron chi connectivity index (χ1n) is 14.4. The van der Waals surface area contributed by atoms with E-state index in [1.165, 1.54) is 6.92 Å². The zero-order valence-corrected chi connectivity index (χ0v) is 24.4. The van der Waals surface area contributed by atoms with Gasteiger partial charge in [-0.1, -0.05) is 26.7 Å². The largest absolute Gasteiger partial charge is 0.507 e. The van der Waals surface area contributed by atoms with Gasteiger partial charge >= 0.3 is 0 Å². The molecule has 2 aromatic carbocycles. The van der Waals surface area contributed by atoms with E-state index in [9.17, 15) is 24.9 Å². The Kier molecular flexibility index (Phi) is 11.0. The van der Waals surface area contributed by atoms with E-state index >= 15 is 0 Å². The number of benzene rings is 2. The van der Waals surface area contributed by atoms with Gasteiger partial charge in [0.05, 0.1) is 43.0 Å². The van der Waals surface area contributed by atoms with Gasteiger partial charge in [0.1, 0.15) is 28.6 Å². The van der Waals surface area contributed by atoms with Crippen molar-refractivity contribution in [2.75, 3.05) is 13.2 Å². The molecule has 0 saturated carbocycles. The molecule has 3 unspecified atom stereocenters. The Morgan fingerprint density at radius 3 is 2.23 bits per heavy atom. The van der Waals surface area contributed by atoms with Crippen LogP contribution < -0.4 is 14.2 Å². The number of phenolic OH excluding ortho intramolecular Hbond substituents is 1. The average molecular weight is 557 g/mol. The number of rotatable bonds is 15. The van der Waals surface area contributed by atoms with E-state index in [1.54, 1.807) is 25.1 Å². The number of Topliss-reactive ketones (excluding diaryl/α,β-unsaturated/α-hetero) is 2. The van der Waals surface area contributed by atoms with Crippen molar-refractivity contribution >= 4 is 11.6 Å². The summed E-state index contributed by atoms with van der Waals surface area (Å²) in [5, 5.41) is 30.3. The predicted molar refractivity (Wildman–Crippen MR) is 153 cm³/mol. The lowest BCUT2D eigenvalue weighted by atomic mass is 9.85. The van der Waals surface area contributed by atoms with E-state index in [-0.39, 0.29) is 23.7 Å². The monoisotopic (exact) mass is 556 g/mol. The first-order chi connectivity index (χ1) is 19.0. The molecule has 1 aliphatic rings. The van der Waals surface area contributed by atoms with Gasteiger partial charge in [0.2, 0.25) is 0 Å². The molecule has 0 spiro atoms. The summed E-state index contributed by atoms with van der Waals surface area (Å²) >= 11 is 0. The summed E-state index contributed by atoms with van der Waals surface area (Å²) < 4.78 is 18.5. The Morgan fingerprint density at radius 1 is 1.02 bits per heavy atom. The van der Waals surface area contributed by atoms with Crippen LogP contribution in [0.3, 0.4) is 0 Å². The van der Waals surface area contributed by atoms with Crippen LogP contribution in [-0.2, 0) is 12.8 Å². The van der Waals surface area contributed by atoms with Crippen LogP contribution >= 0.6 is 0 Å². The van der Waals surface area contributed by atoms with E-state index in [4.69, 9.17) is 14.2 Å². The number of carbonyl (C=O) groups excluding carboxylic acids is 2. The van der Waals surface area contributed by atoms with E-state index in [0.29, 0.717) is 79.3 Å². The SMILES string of the molecule is CCCc1c(OCCCOc2ccc3c(c2CCC)OC(C)(CCC(O)C(C)O)CC3=O)ccc(C(C)=O)c1O. The van der Waals surface area contributed by atoms with Crippen molar-refractivity contribution < 1.29 is 39.1 Å². The lowest BCUT2D eigenvalue weighted by Gasteiger charge is -2.37. The maximum absolute atomic E-state index is 13.1. The molecule has 8 nitrogen and oxygen atoms in total. The number of hydrogen-bond acceptors (Lipinski definition) is 8. The fraction of sp³-hybridized carbons (Fsp3) is 0.562. The van der Waals surface area contributed by atoms with Gasteiger partial charge in [0, 0.05) is 17.5 Å². The standard InChI is InChI=1S/C32H44O8/c1-6-9-24-28(13-11-22(20(3)33)30(24)37)38-17-8-18-39-29-14-12-23-27(36)19-32(5,16-15-26(35)21(4)34)40-31(23)25(29)10-7-2/h11-14,21,26,34-35,37H,6-10,15-19H2,1-5H3. The Hall–Kier alpha value is -3.10. The zero-order chi connectivity index (χ0) is 29.4. The lowest BCUT2D eigenvalue weighted by Crippen LogP contribution is -2.41. The van der Waals surface area contributed by atoms with Crippen LogP contribution in [0.15, 0.2) is 24.3 Å². The molecule has 0 aliphatic carbocycles. The summed E-state index contributed by atoms with van der Waals surface area (Å²) in [6, 6.07) is 6.90. The third-order valence-electron chi connectivity index (χ3n) is 7.35. The predicted octanol–water partition coefficient (Wildman–Crippen LogP) is 5.59. The molecule has 3 atom stereocenters. The van der Waals surface area contributed by atoms with Crippen LogP contribution in [0.2, 0.25) is 0 Å². The molecular formula is C32H44O8. The number of carbonyl (C=O) groups is 2. The van der Waals surface area contributed by atoms with Gasteiger partial charge in [-0.3, -0.25) is 9.59 Å². The summed E-state index contributed by atoms with van der Waals surface area (Å²) in [5.41, 5.74) is 1.55. The molecule has 2 aromatic rings. The van der Waals surface area contributed by atoms with E-state index < -0.39 is 17.8 Å². The van der Waals surface area contributed by atoms with Crippen LogP contribution in [0.5, 0.6) is 23.0 Å². The van der Waals surface area contributed by atoms with Gasteiger partial charge in [0.15, 0.2) is 11.6 Å². The van der Waals surface area contributed by atoms with E-state index in [2.05, 4.69) is 6.92 Å². The molecule has 220 valence electrons. The van der Waals surface area contributed by atoms with Crippen LogP contribution in [0, 0.1) is 0 Å². The molecule has 1 aliphatic heterocycles. The maximum atomic E-state index is 13.1. The van der Waals surface area contributed by atoms with Crippen LogP contribution in [0.1, 0.15) is 105 Å². The molecule has 40 heavy (non-hydrogen) atoms. The summed E-state index contributed by atoms with van der Waals surface area (Å²) in [4.78, 5) is 24.9. The molecule has 0 bridgehead atoms. The van der Waals surface area contributed by atoms with Gasteiger partial charge < -0.3 is 29.5 Å². The molecule has 8 heteroatoms. The third-order valence-corrected chi connectivity index (χ3v) is 7.35. The molecule has 3 rings (SSSR count). The highest BCUT2D eigenvalue weighted by Gasteiger charge is 2.38. The van der Waals surface area contributed by atoms with Crippen molar-refractivity contribution in [3.63, 3.8) is 0 Å². The van der Waals surface area contributed by atoms with Gasteiger partial charge in [0.25, 0.3) is 0 Å². The molecule has 3 N–H and O–H groups in total. The zero-order valence-electron chi connectivity index (χ0n) is 24.4. The number of aliphatic hydroxyl groups is 2. The summed E-state index contributed by atoms with van der Waals surface area (Å²) in [5.74, 6) is 1.57. The average Bonchev–Trinajstić information content (AvgIpc) is 2.89. The number of ketones is 2. The van der Waals surface area contributed by atoms with Crippen molar-refractivity contribution in [3.05, 3.63) is 46.5 Å². The van der Waals surface area contributed by atoms with Crippen molar-refractivity contribution in [1.82, 2.24) is 0 Å². The second kappa shape index (κ2) is 14.0. The number of ether oxygens (including phenoxy) is 3. The number of aromatic hydroxyl groups is 1. The smallest absolute Gasteiger partial charge is 0.170 e. The summed E-state index contributed by atoms with van der Waals surface area (Å²) in [6.07, 6.45) is 2.74. The molecule has 0 fully saturated rings. The number of aliphatic hydroxyl groups excluding tert-OH is 2. The highest BCUT2D eigenvalue weighted by atomic mass is 16.5. The first-order valence-corrected chi connectivity index (χ1v) is 14.4. The maximum Gasteiger partial charge on any atom is 0.170 e. The molecule has 0 aromatic heterocycles. The topological polar surface area (TPSA) is 123 Å². The Balaban J connectivity index is 1.68. The fourth-order valence-electron chi connectivity index (χ4n) is 5.07. The molecule has 0 radical (unpaired) electrons. The Morgan fingerprint density at radius 2 is 1.62 bits per heavy atom. The van der Waals surface area contributed by atoms with Gasteiger partial charge in [-0.15, -0.1) is 0 Å². The molecule has 1 heterocycles. The molecule has 0 saturated heterocycles. The van der Waals surface area contributed by atoms with Gasteiger partial charge in [-0.25, -0.2) is 0 Å². The Bertz CT molecular complexity index is 1190. The number of phenols is 1. The summed E-state index contributed by atoms with van der Waals surface area (Å²) in [6.45, 7) is 9.64. The minimum atomic E-state index is -0.877. The van der Waals surface area contributed by atoms with Crippen LogP contribution in [0.4, 0.5) is 0 Å². The number of fused-ring (bicyclic) bond motifs is 1.